The van der Waals surface area contributed by atoms with Gasteiger partial charge in [0.1, 0.15) is 18.7 Å². The summed E-state index contributed by atoms with van der Waals surface area (Å²) in [6.07, 6.45) is 2.21. The van der Waals surface area contributed by atoms with Crippen molar-refractivity contribution in [1.82, 2.24) is 20.4 Å². The van der Waals surface area contributed by atoms with Gasteiger partial charge < -0.3 is 24.6 Å². The number of nitrogens with zero attached hydrogens (tertiary/aromatic N) is 2. The van der Waals surface area contributed by atoms with Crippen LogP contribution in [0.3, 0.4) is 0 Å². The molecule has 2 aliphatic rings. The van der Waals surface area contributed by atoms with Crippen molar-refractivity contribution in [2.45, 2.75) is 70.3 Å². The van der Waals surface area contributed by atoms with E-state index in [-0.39, 0.29) is 37.1 Å². The minimum absolute atomic E-state index is 0.0512. The van der Waals surface area contributed by atoms with Crippen LogP contribution in [-0.4, -0.2) is 84.6 Å². The molecule has 4 rings (SSSR count). The third kappa shape index (κ3) is 7.67. The summed E-state index contributed by atoms with van der Waals surface area (Å²) < 4.78 is 11.0. The molecule has 226 valence electrons. The summed E-state index contributed by atoms with van der Waals surface area (Å²) in [4.78, 5) is 56.2. The lowest BCUT2D eigenvalue weighted by Gasteiger charge is -2.40. The Hall–Kier alpha value is -3.92. The van der Waals surface area contributed by atoms with E-state index in [0.29, 0.717) is 38.8 Å². The number of hydrogen-bond acceptors (Lipinski definition) is 7. The molecule has 2 heterocycles. The summed E-state index contributed by atoms with van der Waals surface area (Å²) in [5.74, 6) is -1.15. The Labute approximate surface area is 247 Å². The molecule has 0 aliphatic carbocycles. The van der Waals surface area contributed by atoms with Gasteiger partial charge in [0.25, 0.3) is 0 Å². The molecule has 10 nitrogen and oxygen atoms in total. The van der Waals surface area contributed by atoms with E-state index < -0.39 is 30.1 Å². The smallest absolute Gasteiger partial charge is 0.329 e. The molecule has 2 fully saturated rings. The summed E-state index contributed by atoms with van der Waals surface area (Å²) in [5, 5.41) is 5.86. The first-order valence-corrected chi connectivity index (χ1v) is 14.8. The molecular formula is C32H42N4O6. The van der Waals surface area contributed by atoms with Gasteiger partial charge in [0.15, 0.2) is 0 Å². The van der Waals surface area contributed by atoms with E-state index in [1.165, 1.54) is 0 Å². The average Bonchev–Trinajstić information content (AvgIpc) is 3.41. The Bertz CT molecular complexity index is 1210. The molecular weight excluding hydrogens is 536 g/mol. The van der Waals surface area contributed by atoms with Crippen molar-refractivity contribution in [1.29, 1.82) is 0 Å². The topological polar surface area (TPSA) is 117 Å². The molecule has 10 heteroatoms. The first kappa shape index (κ1) is 31.0. The van der Waals surface area contributed by atoms with Crippen LogP contribution in [0.1, 0.15) is 44.2 Å². The number of fused-ring (bicyclic) bond motifs is 1. The van der Waals surface area contributed by atoms with Gasteiger partial charge in [-0.05, 0) is 56.6 Å². The monoisotopic (exact) mass is 578 g/mol. The summed E-state index contributed by atoms with van der Waals surface area (Å²) in [6, 6.07) is 16.4. The van der Waals surface area contributed by atoms with Gasteiger partial charge in [0, 0.05) is 20.1 Å². The summed E-state index contributed by atoms with van der Waals surface area (Å²) in [7, 11) is 1.58. The van der Waals surface area contributed by atoms with Crippen molar-refractivity contribution in [3.8, 4) is 0 Å². The van der Waals surface area contributed by atoms with E-state index in [9.17, 15) is 19.2 Å². The SMILES string of the molecule is CCOC(=O)[C@@H](CCc1ccccc1)N[C@H](C)C(=O)N1[C@H](C(=O)OCc2ccccc2)C[C@H]2CCN(C(=O)NC)C[C@@H]21. The number of carbonyl (C=O) groups is 4. The van der Waals surface area contributed by atoms with Gasteiger partial charge in [-0.3, -0.25) is 14.9 Å². The van der Waals surface area contributed by atoms with Crippen LogP contribution in [0.15, 0.2) is 60.7 Å². The zero-order chi connectivity index (χ0) is 30.1. The predicted octanol–water partition coefficient (Wildman–Crippen LogP) is 2.90. The summed E-state index contributed by atoms with van der Waals surface area (Å²) in [6.45, 7) is 4.66. The molecule has 0 bridgehead atoms. The molecule has 5 atom stereocenters. The maximum atomic E-state index is 14.1. The minimum Gasteiger partial charge on any atom is -0.465 e. The van der Waals surface area contributed by atoms with Crippen LogP contribution in [0.25, 0.3) is 0 Å². The van der Waals surface area contributed by atoms with Crippen molar-refractivity contribution < 1.29 is 28.7 Å². The Kier molecular flexibility index (Phi) is 10.9. The molecule has 3 amide bonds. The number of esters is 2. The van der Waals surface area contributed by atoms with Gasteiger partial charge in [-0.1, -0.05) is 60.7 Å². The van der Waals surface area contributed by atoms with Crippen molar-refractivity contribution in [2.24, 2.45) is 5.92 Å². The summed E-state index contributed by atoms with van der Waals surface area (Å²) >= 11 is 0. The fourth-order valence-corrected chi connectivity index (χ4v) is 5.96. The lowest BCUT2D eigenvalue weighted by Crippen LogP contribution is -2.59. The molecule has 2 aromatic carbocycles. The van der Waals surface area contributed by atoms with Gasteiger partial charge in [-0.15, -0.1) is 0 Å². The number of urea groups is 1. The molecule has 2 aliphatic heterocycles. The maximum Gasteiger partial charge on any atom is 0.329 e. The van der Waals surface area contributed by atoms with E-state index in [1.54, 1.807) is 30.7 Å². The average molecular weight is 579 g/mol. The zero-order valence-electron chi connectivity index (χ0n) is 24.7. The van der Waals surface area contributed by atoms with Gasteiger partial charge in [0.05, 0.1) is 18.7 Å². The van der Waals surface area contributed by atoms with Crippen LogP contribution >= 0.6 is 0 Å². The van der Waals surface area contributed by atoms with Crippen molar-refractivity contribution in [3.05, 3.63) is 71.8 Å². The maximum absolute atomic E-state index is 14.1. The van der Waals surface area contributed by atoms with Gasteiger partial charge in [0.2, 0.25) is 5.91 Å². The standard InChI is InChI=1S/C32H42N4O6/c1-4-41-30(38)26(16-15-23-11-7-5-8-12-23)34-22(2)29(37)36-27(31(39)42-21-24-13-9-6-10-14-24)19-25-17-18-35(20-28(25)36)32(40)33-3/h5-14,22,25-28,34H,4,15-21H2,1-3H3,(H,33,40)/t22-,25-,26-,27+,28+/m1/s1. The van der Waals surface area contributed by atoms with E-state index in [0.717, 1.165) is 11.1 Å². The molecule has 42 heavy (non-hydrogen) atoms. The van der Waals surface area contributed by atoms with Crippen molar-refractivity contribution in [2.75, 3.05) is 26.7 Å². The first-order valence-electron chi connectivity index (χ1n) is 14.8. The number of carbonyl (C=O) groups excluding carboxylic acids is 4. The van der Waals surface area contributed by atoms with Gasteiger partial charge in [-0.25, -0.2) is 9.59 Å². The Morgan fingerprint density at radius 3 is 2.29 bits per heavy atom. The Morgan fingerprint density at radius 2 is 1.64 bits per heavy atom. The number of aryl methyl sites for hydroxylation is 1. The first-order chi connectivity index (χ1) is 20.3. The lowest BCUT2D eigenvalue weighted by atomic mass is 9.91. The predicted molar refractivity (Wildman–Crippen MR) is 157 cm³/mol. The van der Waals surface area contributed by atoms with Crippen LogP contribution in [0.2, 0.25) is 0 Å². The van der Waals surface area contributed by atoms with Gasteiger partial charge in [-0.2, -0.15) is 0 Å². The van der Waals surface area contributed by atoms with Crippen molar-refractivity contribution >= 4 is 23.9 Å². The third-order valence-electron chi connectivity index (χ3n) is 8.15. The number of rotatable bonds is 11. The number of likely N-dealkylation sites (tertiary alicyclic amines) is 2. The van der Waals surface area contributed by atoms with Crippen molar-refractivity contribution in [3.63, 3.8) is 0 Å². The highest BCUT2D eigenvalue weighted by atomic mass is 16.5. The number of benzene rings is 2. The normalized spacial score (nSPS) is 21.2. The highest BCUT2D eigenvalue weighted by Gasteiger charge is 2.51. The van der Waals surface area contributed by atoms with Crippen LogP contribution in [0.5, 0.6) is 0 Å². The number of ether oxygens (including phenoxy) is 2. The largest absolute Gasteiger partial charge is 0.465 e. The number of hydrogen-bond donors (Lipinski definition) is 2. The second-order valence-corrected chi connectivity index (χ2v) is 10.9. The fraction of sp³-hybridized carbons (Fsp3) is 0.500. The quantitative estimate of drug-likeness (QED) is 0.394. The molecule has 0 saturated carbocycles. The number of amides is 3. The van der Waals surface area contributed by atoms with Crippen LogP contribution in [-0.2, 0) is 36.9 Å². The lowest BCUT2D eigenvalue weighted by molar-refractivity contribution is -0.157. The number of piperidine rings is 1. The van der Waals surface area contributed by atoms with Gasteiger partial charge >= 0.3 is 18.0 Å². The fourth-order valence-electron chi connectivity index (χ4n) is 5.96. The molecule has 2 aromatic rings. The van der Waals surface area contributed by atoms with E-state index in [1.807, 2.05) is 60.7 Å². The van der Waals surface area contributed by atoms with Crippen LogP contribution in [0.4, 0.5) is 4.79 Å². The number of nitrogens with one attached hydrogen (secondary N) is 2. The Balaban J connectivity index is 1.51. The molecule has 0 radical (unpaired) electrons. The third-order valence-corrected chi connectivity index (χ3v) is 8.15. The van der Waals surface area contributed by atoms with E-state index in [4.69, 9.17) is 9.47 Å². The second-order valence-electron chi connectivity index (χ2n) is 10.9. The van der Waals surface area contributed by atoms with E-state index >= 15 is 0 Å². The summed E-state index contributed by atoms with van der Waals surface area (Å²) in [5.41, 5.74) is 1.93. The van der Waals surface area contributed by atoms with Crippen LogP contribution in [0, 0.1) is 5.92 Å². The molecule has 0 aromatic heterocycles. The molecule has 2 saturated heterocycles. The van der Waals surface area contributed by atoms with Crippen LogP contribution < -0.4 is 10.6 Å². The molecule has 2 N–H and O–H groups in total. The highest BCUT2D eigenvalue weighted by molar-refractivity contribution is 5.89. The minimum atomic E-state index is -0.784. The second kappa shape index (κ2) is 14.8. The zero-order valence-corrected chi connectivity index (χ0v) is 24.7. The highest BCUT2D eigenvalue weighted by Crippen LogP contribution is 2.37. The molecule has 0 spiro atoms. The molecule has 0 unspecified atom stereocenters. The van der Waals surface area contributed by atoms with E-state index in [2.05, 4.69) is 10.6 Å². The Morgan fingerprint density at radius 1 is 0.976 bits per heavy atom.